The van der Waals surface area contributed by atoms with E-state index >= 15 is 0 Å². The second kappa shape index (κ2) is 4.98. The number of hydrogen-bond acceptors (Lipinski definition) is 3. The molecule has 0 radical (unpaired) electrons. The largest absolute Gasteiger partial charge is 0.369 e. The van der Waals surface area contributed by atoms with Crippen molar-refractivity contribution in [3.8, 4) is 11.3 Å². The van der Waals surface area contributed by atoms with Crippen molar-refractivity contribution >= 4 is 33.2 Å². The van der Waals surface area contributed by atoms with Gasteiger partial charge in [0, 0.05) is 14.9 Å². The van der Waals surface area contributed by atoms with E-state index in [4.69, 9.17) is 5.73 Å². The second-order valence-corrected chi connectivity index (χ2v) is 5.87. The van der Waals surface area contributed by atoms with Gasteiger partial charge in [-0.05, 0) is 19.1 Å². The summed E-state index contributed by atoms with van der Waals surface area (Å²) in [4.78, 5) is 16.4. The fraction of sp³-hybridized carbons (Fsp3) is 0.167. The van der Waals surface area contributed by atoms with Crippen LogP contribution in [0.15, 0.2) is 28.7 Å². The molecule has 0 aliphatic carbocycles. The van der Waals surface area contributed by atoms with Crippen molar-refractivity contribution in [3.63, 3.8) is 0 Å². The third-order valence-electron chi connectivity index (χ3n) is 2.28. The zero-order chi connectivity index (χ0) is 12.4. The molecule has 0 aliphatic rings. The van der Waals surface area contributed by atoms with Crippen LogP contribution in [0.2, 0.25) is 0 Å². The van der Waals surface area contributed by atoms with Crippen LogP contribution in [0.5, 0.6) is 0 Å². The quantitative estimate of drug-likeness (QED) is 0.947. The number of halogens is 1. The molecule has 1 heterocycles. The number of amides is 1. The highest BCUT2D eigenvalue weighted by Crippen LogP contribution is 2.28. The molecule has 0 fully saturated rings. The number of nitrogens with zero attached hydrogens (tertiary/aromatic N) is 1. The number of hydrogen-bond donors (Lipinski definition) is 1. The fourth-order valence-electron chi connectivity index (χ4n) is 1.55. The molecule has 3 nitrogen and oxygen atoms in total. The molecule has 0 saturated heterocycles. The maximum atomic E-state index is 10.9. The number of carbonyl (C=O) groups is 1. The molecule has 2 aromatic rings. The van der Waals surface area contributed by atoms with Crippen molar-refractivity contribution < 1.29 is 4.79 Å². The summed E-state index contributed by atoms with van der Waals surface area (Å²) in [6.45, 7) is 2.00. The van der Waals surface area contributed by atoms with Crippen LogP contribution in [-0.4, -0.2) is 10.9 Å². The monoisotopic (exact) mass is 310 g/mol. The molecule has 0 atom stereocenters. The van der Waals surface area contributed by atoms with Gasteiger partial charge in [-0.15, -0.1) is 11.3 Å². The standard InChI is InChI=1S/C12H11BrN2OS/c1-7-12(8-2-4-9(13)5-3-8)15-11(17-7)6-10(14)16/h2-5H,6H2,1H3,(H2,14,16). The van der Waals surface area contributed by atoms with E-state index in [1.165, 1.54) is 11.3 Å². The third kappa shape index (κ3) is 2.92. The Morgan fingerprint density at radius 1 is 1.41 bits per heavy atom. The summed E-state index contributed by atoms with van der Waals surface area (Å²) < 4.78 is 1.03. The Labute approximate surface area is 112 Å². The molecular weight excluding hydrogens is 300 g/mol. The summed E-state index contributed by atoms with van der Waals surface area (Å²) in [5.41, 5.74) is 7.15. The lowest BCUT2D eigenvalue weighted by Gasteiger charge is -1.98. The molecule has 0 bridgehead atoms. The Morgan fingerprint density at radius 3 is 2.65 bits per heavy atom. The number of aryl methyl sites for hydroxylation is 1. The van der Waals surface area contributed by atoms with Gasteiger partial charge in [-0.25, -0.2) is 4.98 Å². The Bertz CT molecular complexity index is 548. The van der Waals surface area contributed by atoms with Crippen LogP contribution in [-0.2, 0) is 11.2 Å². The predicted octanol–water partition coefficient (Wildman–Crippen LogP) is 2.91. The number of primary amides is 1. The van der Waals surface area contributed by atoms with E-state index in [-0.39, 0.29) is 12.3 Å². The Kier molecular flexibility index (Phi) is 3.59. The van der Waals surface area contributed by atoms with Crippen LogP contribution in [0, 0.1) is 6.92 Å². The minimum Gasteiger partial charge on any atom is -0.369 e. The average Bonchev–Trinajstić information content (AvgIpc) is 2.59. The number of aromatic nitrogens is 1. The van der Waals surface area contributed by atoms with Gasteiger partial charge in [0.05, 0.1) is 12.1 Å². The van der Waals surface area contributed by atoms with E-state index in [1.54, 1.807) is 0 Å². The van der Waals surface area contributed by atoms with Crippen molar-refractivity contribution in [2.75, 3.05) is 0 Å². The van der Waals surface area contributed by atoms with Gasteiger partial charge in [0.2, 0.25) is 5.91 Å². The average molecular weight is 311 g/mol. The van der Waals surface area contributed by atoms with Crippen LogP contribution >= 0.6 is 27.3 Å². The lowest BCUT2D eigenvalue weighted by Crippen LogP contribution is -2.13. The number of benzene rings is 1. The van der Waals surface area contributed by atoms with Gasteiger partial charge in [0.25, 0.3) is 0 Å². The highest BCUT2D eigenvalue weighted by atomic mass is 79.9. The summed E-state index contributed by atoms with van der Waals surface area (Å²) in [7, 11) is 0. The maximum absolute atomic E-state index is 10.9. The maximum Gasteiger partial charge on any atom is 0.224 e. The normalized spacial score (nSPS) is 10.5. The van der Waals surface area contributed by atoms with Crippen LogP contribution in [0.3, 0.4) is 0 Å². The smallest absolute Gasteiger partial charge is 0.224 e. The van der Waals surface area contributed by atoms with E-state index in [2.05, 4.69) is 20.9 Å². The SMILES string of the molecule is Cc1sc(CC(N)=O)nc1-c1ccc(Br)cc1. The minimum atomic E-state index is -0.346. The summed E-state index contributed by atoms with van der Waals surface area (Å²) in [6.07, 6.45) is 0.210. The molecule has 1 amide bonds. The van der Waals surface area contributed by atoms with Gasteiger partial charge >= 0.3 is 0 Å². The summed E-state index contributed by atoms with van der Waals surface area (Å²) in [5, 5.41) is 0.771. The molecular formula is C12H11BrN2OS. The third-order valence-corrected chi connectivity index (χ3v) is 3.78. The zero-order valence-electron chi connectivity index (χ0n) is 9.24. The Hall–Kier alpha value is -1.20. The first kappa shape index (κ1) is 12.3. The highest BCUT2D eigenvalue weighted by Gasteiger charge is 2.11. The van der Waals surface area contributed by atoms with Gasteiger partial charge in [-0.3, -0.25) is 4.79 Å². The molecule has 88 valence electrons. The van der Waals surface area contributed by atoms with Crippen LogP contribution < -0.4 is 5.73 Å². The number of thiazole rings is 1. The van der Waals surface area contributed by atoms with E-state index in [0.29, 0.717) is 0 Å². The predicted molar refractivity (Wildman–Crippen MR) is 72.9 cm³/mol. The van der Waals surface area contributed by atoms with E-state index in [1.807, 2.05) is 31.2 Å². The Balaban J connectivity index is 2.35. The lowest BCUT2D eigenvalue weighted by atomic mass is 10.1. The molecule has 0 unspecified atom stereocenters. The van der Waals surface area contributed by atoms with Gasteiger partial charge in [-0.2, -0.15) is 0 Å². The summed E-state index contributed by atoms with van der Waals surface area (Å²) in [5.74, 6) is -0.346. The first-order chi connectivity index (χ1) is 8.06. The first-order valence-electron chi connectivity index (χ1n) is 5.07. The van der Waals surface area contributed by atoms with Gasteiger partial charge in [0.1, 0.15) is 5.01 Å². The van der Waals surface area contributed by atoms with Crippen molar-refractivity contribution in [2.24, 2.45) is 5.73 Å². The van der Waals surface area contributed by atoms with Crippen molar-refractivity contribution in [1.82, 2.24) is 4.98 Å². The molecule has 2 rings (SSSR count). The number of nitrogens with two attached hydrogens (primary N) is 1. The zero-order valence-corrected chi connectivity index (χ0v) is 11.6. The van der Waals surface area contributed by atoms with Crippen molar-refractivity contribution in [2.45, 2.75) is 13.3 Å². The molecule has 0 saturated carbocycles. The van der Waals surface area contributed by atoms with Crippen molar-refractivity contribution in [3.05, 3.63) is 38.6 Å². The number of carbonyl (C=O) groups excluding carboxylic acids is 1. The lowest BCUT2D eigenvalue weighted by molar-refractivity contribution is -0.117. The molecule has 1 aromatic heterocycles. The minimum absolute atomic E-state index is 0.210. The Morgan fingerprint density at radius 2 is 2.06 bits per heavy atom. The highest BCUT2D eigenvalue weighted by molar-refractivity contribution is 9.10. The molecule has 0 aliphatic heterocycles. The van der Waals surface area contributed by atoms with E-state index in [9.17, 15) is 4.79 Å². The van der Waals surface area contributed by atoms with Gasteiger partial charge < -0.3 is 5.73 Å². The molecule has 17 heavy (non-hydrogen) atoms. The van der Waals surface area contributed by atoms with Crippen LogP contribution in [0.1, 0.15) is 9.88 Å². The van der Waals surface area contributed by atoms with E-state index in [0.717, 1.165) is 25.6 Å². The summed E-state index contributed by atoms with van der Waals surface area (Å²) >= 11 is 4.91. The van der Waals surface area contributed by atoms with Crippen LogP contribution in [0.4, 0.5) is 0 Å². The molecule has 2 N–H and O–H groups in total. The molecule has 5 heteroatoms. The van der Waals surface area contributed by atoms with Gasteiger partial charge in [-0.1, -0.05) is 28.1 Å². The van der Waals surface area contributed by atoms with Gasteiger partial charge in [0.15, 0.2) is 0 Å². The van der Waals surface area contributed by atoms with Crippen molar-refractivity contribution in [1.29, 1.82) is 0 Å². The molecule has 0 spiro atoms. The summed E-state index contributed by atoms with van der Waals surface area (Å²) in [6, 6.07) is 7.95. The topological polar surface area (TPSA) is 56.0 Å². The number of rotatable bonds is 3. The molecule has 1 aromatic carbocycles. The van der Waals surface area contributed by atoms with E-state index < -0.39 is 0 Å². The fourth-order valence-corrected chi connectivity index (χ4v) is 2.78. The second-order valence-electron chi connectivity index (χ2n) is 3.66. The first-order valence-corrected chi connectivity index (χ1v) is 6.68. The van der Waals surface area contributed by atoms with Crippen LogP contribution in [0.25, 0.3) is 11.3 Å².